The minimum atomic E-state index is -0.903. The molecule has 42 heavy (non-hydrogen) atoms. The lowest BCUT2D eigenvalue weighted by Gasteiger charge is -2.29. The molecule has 2 aliphatic heterocycles. The van der Waals surface area contributed by atoms with E-state index in [0.717, 1.165) is 25.2 Å². The molecule has 2 fully saturated rings. The largest absolute Gasteiger partial charge is 0.872 e. The number of hydrogen-bond acceptors (Lipinski definition) is 7. The molecular formula is C33H36N2O7. The predicted molar refractivity (Wildman–Crippen MR) is 154 cm³/mol. The number of aryl methyl sites for hydroxylation is 1. The third kappa shape index (κ3) is 6.27. The zero-order chi connectivity index (χ0) is 29.6. The molecule has 1 amide bonds. The Hall–Kier alpha value is -4.34. The Labute approximate surface area is 245 Å². The maximum Gasteiger partial charge on any atom is 0.295 e. The van der Waals surface area contributed by atoms with Gasteiger partial charge in [-0.2, -0.15) is 0 Å². The Morgan fingerprint density at radius 2 is 1.83 bits per heavy atom. The summed E-state index contributed by atoms with van der Waals surface area (Å²) in [4.78, 5) is 29.7. The fourth-order valence-corrected chi connectivity index (χ4v) is 5.59. The first-order chi connectivity index (χ1) is 20.4. The van der Waals surface area contributed by atoms with E-state index in [1.54, 1.807) is 37.3 Å². The van der Waals surface area contributed by atoms with Crippen LogP contribution in [0.15, 0.2) is 72.3 Å². The van der Waals surface area contributed by atoms with Crippen molar-refractivity contribution in [1.82, 2.24) is 4.90 Å². The summed E-state index contributed by atoms with van der Waals surface area (Å²) >= 11 is 0. The highest BCUT2D eigenvalue weighted by molar-refractivity contribution is 6.46. The van der Waals surface area contributed by atoms with Crippen molar-refractivity contribution in [2.24, 2.45) is 0 Å². The molecule has 0 aromatic heterocycles. The Bertz CT molecular complexity index is 1460. The fraction of sp³-hybridized carbons (Fsp3) is 0.333. The summed E-state index contributed by atoms with van der Waals surface area (Å²) in [5.41, 5.74) is 2.39. The number of methoxy groups -OCH3 is 1. The van der Waals surface area contributed by atoms with Crippen LogP contribution in [0.5, 0.6) is 17.2 Å². The van der Waals surface area contributed by atoms with Gasteiger partial charge in [-0.05, 0) is 53.4 Å². The molecule has 9 nitrogen and oxygen atoms in total. The van der Waals surface area contributed by atoms with Crippen molar-refractivity contribution in [3.63, 3.8) is 0 Å². The molecule has 0 aliphatic carbocycles. The number of phenolic OH excluding ortho intramolecular Hbond substituents is 1. The van der Waals surface area contributed by atoms with Crippen LogP contribution in [0.3, 0.4) is 0 Å². The van der Waals surface area contributed by atoms with Crippen LogP contribution in [-0.2, 0) is 20.9 Å². The smallest absolute Gasteiger partial charge is 0.295 e. The summed E-state index contributed by atoms with van der Waals surface area (Å²) in [5, 5.41) is 24.2. The highest BCUT2D eigenvalue weighted by atomic mass is 16.5. The van der Waals surface area contributed by atoms with Crippen LogP contribution in [0.4, 0.5) is 0 Å². The first-order valence-corrected chi connectivity index (χ1v) is 14.2. The topological polar surface area (TPSA) is 113 Å². The van der Waals surface area contributed by atoms with Gasteiger partial charge in [0.2, 0.25) is 5.78 Å². The van der Waals surface area contributed by atoms with Crippen molar-refractivity contribution in [2.75, 3.05) is 46.5 Å². The number of nitrogens with one attached hydrogen (secondary N) is 1. The van der Waals surface area contributed by atoms with E-state index in [1.165, 1.54) is 23.0 Å². The first-order valence-electron chi connectivity index (χ1n) is 14.2. The lowest BCUT2D eigenvalue weighted by molar-refractivity contribution is -0.908. The standard InChI is InChI=1S/C33H36N2O7/c1-22-19-25(42-21-23-7-4-3-5-8-23)10-11-26(22)31(37)29-30(24-9-12-27(36)28(20-24)40-2)35(33(39)32(29)38)14-6-13-34-15-17-41-18-16-34/h3-5,7-12,19-20,30,36-37H,6,13-18,21H2,1-2H3/b31-29+. The molecule has 2 heterocycles. The van der Waals surface area contributed by atoms with E-state index in [0.29, 0.717) is 55.2 Å². The van der Waals surface area contributed by atoms with Crippen LogP contribution in [0.1, 0.15) is 34.7 Å². The van der Waals surface area contributed by atoms with Crippen molar-refractivity contribution in [3.8, 4) is 17.2 Å². The average molecular weight is 573 g/mol. The molecule has 0 spiro atoms. The van der Waals surface area contributed by atoms with Gasteiger partial charge in [-0.25, -0.2) is 0 Å². The number of Topliss-reactive ketones (excluding diaryl/α,β-unsaturated/α-hetero) is 1. The number of aromatic hydroxyl groups is 1. The quantitative estimate of drug-likeness (QED) is 0.217. The number of carbonyl (C=O) groups is 2. The van der Waals surface area contributed by atoms with E-state index >= 15 is 0 Å². The number of ether oxygens (including phenoxy) is 3. The second-order valence-corrected chi connectivity index (χ2v) is 10.6. The number of carbonyl (C=O) groups excluding carboxylic acids is 2. The number of nitrogens with zero attached hydrogens (tertiary/aromatic N) is 1. The van der Waals surface area contributed by atoms with Crippen molar-refractivity contribution in [1.29, 1.82) is 0 Å². The van der Waals surface area contributed by atoms with Gasteiger partial charge in [0.05, 0.1) is 32.9 Å². The monoisotopic (exact) mass is 572 g/mol. The zero-order valence-corrected chi connectivity index (χ0v) is 23.9. The molecule has 0 bridgehead atoms. The van der Waals surface area contributed by atoms with Crippen LogP contribution < -0.4 is 19.5 Å². The van der Waals surface area contributed by atoms with E-state index in [2.05, 4.69) is 0 Å². The van der Waals surface area contributed by atoms with Crippen LogP contribution in [0, 0.1) is 6.92 Å². The van der Waals surface area contributed by atoms with Gasteiger partial charge in [-0.3, -0.25) is 9.59 Å². The van der Waals surface area contributed by atoms with Crippen molar-refractivity contribution < 1.29 is 38.9 Å². The maximum absolute atomic E-state index is 14.0. The van der Waals surface area contributed by atoms with E-state index in [4.69, 9.17) is 14.2 Å². The van der Waals surface area contributed by atoms with E-state index in [1.807, 2.05) is 30.3 Å². The SMILES string of the molecule is COc1cc(C2/C(=C(\[O-])c3ccc(OCc4ccccc4)cc3C)C(=O)C(=O)N2CCC[NH+]2CCOCC2)ccc1O. The summed E-state index contributed by atoms with van der Waals surface area (Å²) in [6.07, 6.45) is 0.661. The molecule has 0 radical (unpaired) electrons. The van der Waals surface area contributed by atoms with Crippen LogP contribution in [0.25, 0.3) is 5.76 Å². The van der Waals surface area contributed by atoms with E-state index in [-0.39, 0.29) is 17.1 Å². The molecule has 2 aliphatic rings. The van der Waals surface area contributed by atoms with Gasteiger partial charge < -0.3 is 34.2 Å². The third-order valence-electron chi connectivity index (χ3n) is 7.87. The molecule has 9 heteroatoms. The number of amides is 1. The van der Waals surface area contributed by atoms with Gasteiger partial charge in [-0.15, -0.1) is 0 Å². The molecule has 1 unspecified atom stereocenters. The molecule has 2 N–H and O–H groups in total. The number of rotatable bonds is 10. The minimum absolute atomic E-state index is 0.0748. The number of likely N-dealkylation sites (tertiary alicyclic amines) is 1. The van der Waals surface area contributed by atoms with E-state index < -0.39 is 23.5 Å². The number of benzene rings is 3. The first kappa shape index (κ1) is 29.2. The summed E-state index contributed by atoms with van der Waals surface area (Å²) in [6.45, 7) is 6.49. The molecular weight excluding hydrogens is 536 g/mol. The van der Waals surface area contributed by atoms with Gasteiger partial charge >= 0.3 is 0 Å². The molecule has 1 atom stereocenters. The average Bonchev–Trinajstić information content (AvgIpc) is 3.26. The summed E-state index contributed by atoms with van der Waals surface area (Å²) in [5.74, 6) is -1.29. The number of morpholine rings is 1. The van der Waals surface area contributed by atoms with Crippen LogP contribution in [-0.4, -0.2) is 68.2 Å². The highest BCUT2D eigenvalue weighted by Gasteiger charge is 2.44. The van der Waals surface area contributed by atoms with Crippen molar-refractivity contribution in [2.45, 2.75) is 26.0 Å². The lowest BCUT2D eigenvalue weighted by Crippen LogP contribution is -3.14. The molecule has 220 valence electrons. The van der Waals surface area contributed by atoms with Gasteiger partial charge in [0.25, 0.3) is 5.91 Å². The van der Waals surface area contributed by atoms with E-state index in [9.17, 15) is 19.8 Å². The normalized spacial score (nSPS) is 18.8. The summed E-state index contributed by atoms with van der Waals surface area (Å²) < 4.78 is 16.7. The molecule has 3 aromatic rings. The predicted octanol–water partition coefficient (Wildman–Crippen LogP) is 1.82. The Balaban J connectivity index is 1.46. The van der Waals surface area contributed by atoms with Gasteiger partial charge in [-0.1, -0.05) is 48.2 Å². The Kier molecular flexibility index (Phi) is 9.09. The van der Waals surface area contributed by atoms with Gasteiger partial charge in [0, 0.05) is 18.5 Å². The Morgan fingerprint density at radius 1 is 1.07 bits per heavy atom. The van der Waals surface area contributed by atoms with Crippen LogP contribution >= 0.6 is 0 Å². The zero-order valence-electron chi connectivity index (χ0n) is 23.9. The second-order valence-electron chi connectivity index (χ2n) is 10.6. The third-order valence-corrected chi connectivity index (χ3v) is 7.87. The molecule has 5 rings (SSSR count). The Morgan fingerprint density at radius 3 is 2.55 bits per heavy atom. The fourth-order valence-electron chi connectivity index (χ4n) is 5.59. The number of ketones is 1. The summed E-state index contributed by atoms with van der Waals surface area (Å²) in [6, 6.07) is 18.6. The van der Waals surface area contributed by atoms with Crippen molar-refractivity contribution >= 4 is 17.4 Å². The summed E-state index contributed by atoms with van der Waals surface area (Å²) in [7, 11) is 1.42. The highest BCUT2D eigenvalue weighted by Crippen LogP contribution is 2.41. The van der Waals surface area contributed by atoms with Crippen molar-refractivity contribution in [3.05, 3.63) is 94.6 Å². The molecule has 0 saturated carbocycles. The number of quaternary nitrogens is 1. The maximum atomic E-state index is 14.0. The van der Waals surface area contributed by atoms with Crippen LogP contribution in [0.2, 0.25) is 0 Å². The second kappa shape index (κ2) is 13.1. The van der Waals surface area contributed by atoms with Gasteiger partial charge in [0.15, 0.2) is 11.5 Å². The lowest BCUT2D eigenvalue weighted by atomic mass is 9.93. The number of hydrogen-bond donors (Lipinski definition) is 2. The number of phenols is 1. The molecule has 2 saturated heterocycles. The minimum Gasteiger partial charge on any atom is -0.872 e. The van der Waals surface area contributed by atoms with Gasteiger partial charge in [0.1, 0.15) is 25.4 Å². The molecule has 3 aromatic carbocycles.